The van der Waals surface area contributed by atoms with Crippen LogP contribution in [0.5, 0.6) is 0 Å². The van der Waals surface area contributed by atoms with Gasteiger partial charge in [0.05, 0.1) is 0 Å². The van der Waals surface area contributed by atoms with Crippen LogP contribution in [0, 0.1) is 0 Å². The zero-order valence-electron chi connectivity index (χ0n) is 11.4. The van der Waals surface area contributed by atoms with E-state index in [1.54, 1.807) is 6.92 Å². The van der Waals surface area contributed by atoms with Crippen LogP contribution in [0.2, 0.25) is 0 Å². The van der Waals surface area contributed by atoms with Gasteiger partial charge in [-0.3, -0.25) is 0 Å². The van der Waals surface area contributed by atoms with E-state index in [0.29, 0.717) is 12.0 Å². The fourth-order valence-electron chi connectivity index (χ4n) is 2.54. The fraction of sp³-hybridized carbons (Fsp3) is 0.294. The average molecular weight is 256 g/mol. The van der Waals surface area contributed by atoms with E-state index in [1.807, 2.05) is 67.6 Å². The van der Waals surface area contributed by atoms with Crippen LogP contribution in [0.15, 0.2) is 60.7 Å². The normalized spacial score (nSPS) is 17.5. The van der Waals surface area contributed by atoms with Crippen LogP contribution in [-0.2, 0) is 11.2 Å². The van der Waals surface area contributed by atoms with Crippen LogP contribution in [-0.4, -0.2) is 10.2 Å². The van der Waals surface area contributed by atoms with Gasteiger partial charge in [-0.05, 0) is 24.5 Å². The summed E-state index contributed by atoms with van der Waals surface area (Å²) in [6.07, 6.45) is 0.429. The maximum absolute atomic E-state index is 11.0. The molecule has 2 aromatic carbocycles. The number of rotatable bonds is 4. The second-order valence-corrected chi connectivity index (χ2v) is 5.02. The first kappa shape index (κ1) is 13.8. The lowest BCUT2D eigenvalue weighted by Gasteiger charge is -2.41. The smallest absolute Gasteiger partial charge is 0.122 e. The minimum atomic E-state index is -1.34. The highest BCUT2D eigenvalue weighted by Crippen LogP contribution is 2.42. The summed E-state index contributed by atoms with van der Waals surface area (Å²) in [7, 11) is 0. The first-order chi connectivity index (χ1) is 9.02. The van der Waals surface area contributed by atoms with E-state index < -0.39 is 11.2 Å². The molecule has 0 radical (unpaired) electrons. The van der Waals surface area contributed by atoms with Crippen LogP contribution in [0.25, 0.3) is 0 Å². The minimum absolute atomic E-state index is 0.429. The summed E-state index contributed by atoms with van der Waals surface area (Å²) in [6.45, 7) is 3.54. The van der Waals surface area contributed by atoms with Crippen molar-refractivity contribution in [1.29, 1.82) is 0 Å². The van der Waals surface area contributed by atoms with Crippen molar-refractivity contribution in [3.63, 3.8) is 0 Å². The third-order valence-electron chi connectivity index (χ3n) is 3.90. The molecule has 2 atom stereocenters. The molecule has 0 fully saturated rings. The molecular weight excluding hydrogens is 236 g/mol. The maximum atomic E-state index is 11.0. The summed E-state index contributed by atoms with van der Waals surface area (Å²) in [5.41, 5.74) is -1.21. The number of benzene rings is 2. The SMILES string of the molecule is CCC(O)(c1ccccc1)C(C)(O)c1ccccc1. The molecule has 0 saturated heterocycles. The standard InChI is InChI=1S/C17H20O2/c1-3-17(19,15-12-8-5-9-13-15)16(2,18)14-10-6-4-7-11-14/h4-13,18-19H,3H2,1-2H3. The number of aliphatic hydroxyl groups is 2. The lowest BCUT2D eigenvalue weighted by molar-refractivity contribution is -0.156. The first-order valence-corrected chi connectivity index (χ1v) is 6.58. The molecule has 2 rings (SSSR count). The molecule has 2 aromatic rings. The predicted molar refractivity (Wildman–Crippen MR) is 76.6 cm³/mol. The van der Waals surface area contributed by atoms with Gasteiger partial charge in [-0.1, -0.05) is 67.6 Å². The Labute approximate surface area is 114 Å². The summed E-state index contributed by atoms with van der Waals surface area (Å²) in [5.74, 6) is 0. The highest BCUT2D eigenvalue weighted by molar-refractivity contribution is 5.33. The quantitative estimate of drug-likeness (QED) is 0.882. The van der Waals surface area contributed by atoms with Gasteiger partial charge in [0.2, 0.25) is 0 Å². The molecule has 2 unspecified atom stereocenters. The van der Waals surface area contributed by atoms with Crippen molar-refractivity contribution >= 4 is 0 Å². The Bertz CT molecular complexity index is 519. The fourth-order valence-corrected chi connectivity index (χ4v) is 2.54. The second kappa shape index (κ2) is 5.16. The molecule has 2 N–H and O–H groups in total. The molecule has 100 valence electrons. The van der Waals surface area contributed by atoms with Crippen molar-refractivity contribution in [1.82, 2.24) is 0 Å². The molecule has 0 heterocycles. The van der Waals surface area contributed by atoms with Crippen LogP contribution in [0.4, 0.5) is 0 Å². The zero-order chi connectivity index (χ0) is 13.9. The first-order valence-electron chi connectivity index (χ1n) is 6.58. The zero-order valence-corrected chi connectivity index (χ0v) is 11.4. The predicted octanol–water partition coefficient (Wildman–Crippen LogP) is 3.19. The van der Waals surface area contributed by atoms with Crippen molar-refractivity contribution in [2.45, 2.75) is 31.5 Å². The highest BCUT2D eigenvalue weighted by atomic mass is 16.4. The Balaban J connectivity index is 2.52. The summed E-state index contributed by atoms with van der Waals surface area (Å²) in [6, 6.07) is 18.6. The van der Waals surface area contributed by atoms with Gasteiger partial charge in [-0.15, -0.1) is 0 Å². The van der Waals surface area contributed by atoms with E-state index in [4.69, 9.17) is 0 Å². The Hall–Kier alpha value is -1.64. The van der Waals surface area contributed by atoms with Crippen molar-refractivity contribution in [2.24, 2.45) is 0 Å². The molecule has 0 saturated carbocycles. The van der Waals surface area contributed by atoms with Crippen LogP contribution in [0.3, 0.4) is 0 Å². The van der Waals surface area contributed by atoms with Crippen LogP contribution >= 0.6 is 0 Å². The van der Waals surface area contributed by atoms with Gasteiger partial charge < -0.3 is 10.2 Å². The molecule has 0 spiro atoms. The second-order valence-electron chi connectivity index (χ2n) is 5.02. The number of hydrogen-bond acceptors (Lipinski definition) is 2. The Morgan fingerprint density at radius 2 is 1.21 bits per heavy atom. The molecule has 0 aromatic heterocycles. The summed E-state index contributed by atoms with van der Waals surface area (Å²) < 4.78 is 0. The van der Waals surface area contributed by atoms with E-state index >= 15 is 0 Å². The largest absolute Gasteiger partial charge is 0.382 e. The lowest BCUT2D eigenvalue weighted by Crippen LogP contribution is -2.46. The molecule has 0 aliphatic carbocycles. The van der Waals surface area contributed by atoms with Gasteiger partial charge in [-0.25, -0.2) is 0 Å². The Morgan fingerprint density at radius 1 is 0.789 bits per heavy atom. The van der Waals surface area contributed by atoms with Gasteiger partial charge in [0, 0.05) is 0 Å². The van der Waals surface area contributed by atoms with E-state index in [9.17, 15) is 10.2 Å². The van der Waals surface area contributed by atoms with Crippen LogP contribution < -0.4 is 0 Å². The van der Waals surface area contributed by atoms with E-state index in [0.717, 1.165) is 5.56 Å². The van der Waals surface area contributed by atoms with E-state index in [-0.39, 0.29) is 0 Å². The van der Waals surface area contributed by atoms with E-state index in [2.05, 4.69) is 0 Å². The number of hydrogen-bond donors (Lipinski definition) is 2. The lowest BCUT2D eigenvalue weighted by atomic mass is 9.73. The third kappa shape index (κ3) is 2.29. The van der Waals surface area contributed by atoms with Crippen LogP contribution in [0.1, 0.15) is 31.4 Å². The topological polar surface area (TPSA) is 40.5 Å². The summed E-state index contributed by atoms with van der Waals surface area (Å²) in [4.78, 5) is 0. The molecule has 0 amide bonds. The Morgan fingerprint density at radius 3 is 1.63 bits per heavy atom. The summed E-state index contributed by atoms with van der Waals surface area (Å²) >= 11 is 0. The van der Waals surface area contributed by atoms with Gasteiger partial charge in [0.15, 0.2) is 0 Å². The molecular formula is C17H20O2. The molecule has 0 bridgehead atoms. The van der Waals surface area contributed by atoms with Crippen molar-refractivity contribution in [2.75, 3.05) is 0 Å². The average Bonchev–Trinajstić information content (AvgIpc) is 2.48. The molecule has 0 aliphatic heterocycles. The Kier molecular flexibility index (Phi) is 3.74. The van der Waals surface area contributed by atoms with Crippen molar-refractivity contribution < 1.29 is 10.2 Å². The third-order valence-corrected chi connectivity index (χ3v) is 3.90. The highest BCUT2D eigenvalue weighted by Gasteiger charge is 2.46. The molecule has 19 heavy (non-hydrogen) atoms. The minimum Gasteiger partial charge on any atom is -0.382 e. The van der Waals surface area contributed by atoms with Crippen molar-refractivity contribution in [3.05, 3.63) is 71.8 Å². The maximum Gasteiger partial charge on any atom is 0.122 e. The molecule has 0 aliphatic rings. The van der Waals surface area contributed by atoms with Gasteiger partial charge in [-0.2, -0.15) is 0 Å². The molecule has 2 heteroatoms. The van der Waals surface area contributed by atoms with Gasteiger partial charge >= 0.3 is 0 Å². The van der Waals surface area contributed by atoms with Crippen molar-refractivity contribution in [3.8, 4) is 0 Å². The van der Waals surface area contributed by atoms with Gasteiger partial charge in [0.25, 0.3) is 0 Å². The van der Waals surface area contributed by atoms with E-state index in [1.165, 1.54) is 0 Å². The van der Waals surface area contributed by atoms with Gasteiger partial charge in [0.1, 0.15) is 11.2 Å². The monoisotopic (exact) mass is 256 g/mol. The molecule has 2 nitrogen and oxygen atoms in total. The summed E-state index contributed by atoms with van der Waals surface area (Å²) in [5, 5.41) is 21.9.